The van der Waals surface area contributed by atoms with E-state index in [0.29, 0.717) is 17.9 Å². The average molecular weight is 310 g/mol. The predicted molar refractivity (Wildman–Crippen MR) is 90.4 cm³/mol. The van der Waals surface area contributed by atoms with Gasteiger partial charge in [-0.15, -0.1) is 0 Å². The molecule has 5 heteroatoms. The molecule has 0 atom stereocenters. The number of rotatable bonds is 5. The molecule has 0 saturated carbocycles. The molecule has 118 valence electrons. The summed E-state index contributed by atoms with van der Waals surface area (Å²) in [5, 5.41) is 3.71. The van der Waals surface area contributed by atoms with Crippen LogP contribution in [-0.2, 0) is 0 Å². The third-order valence-corrected chi connectivity index (χ3v) is 3.56. The number of methoxy groups -OCH3 is 1. The molecule has 1 amide bonds. The second-order valence-electron chi connectivity index (χ2n) is 5.03. The molecular formula is C18H18N2O3. The number of ether oxygens (including phenoxy) is 2. The quantitative estimate of drug-likeness (QED) is 0.753. The molecule has 0 bridgehead atoms. The van der Waals surface area contributed by atoms with Gasteiger partial charge in [0.1, 0.15) is 11.5 Å². The summed E-state index contributed by atoms with van der Waals surface area (Å²) in [6.45, 7) is 2.55. The van der Waals surface area contributed by atoms with Crippen LogP contribution >= 0.6 is 0 Å². The minimum atomic E-state index is -0.173. The third kappa shape index (κ3) is 3.13. The largest absolute Gasteiger partial charge is 0.497 e. The van der Waals surface area contributed by atoms with Crippen LogP contribution in [0.25, 0.3) is 10.9 Å². The second-order valence-corrected chi connectivity index (χ2v) is 5.03. The second kappa shape index (κ2) is 6.44. The molecule has 0 saturated heterocycles. The van der Waals surface area contributed by atoms with Gasteiger partial charge >= 0.3 is 0 Å². The number of nitrogens with one attached hydrogen (secondary N) is 2. The van der Waals surface area contributed by atoms with Crippen LogP contribution in [0.5, 0.6) is 11.5 Å². The number of aromatic nitrogens is 1. The lowest BCUT2D eigenvalue weighted by Crippen LogP contribution is -2.11. The van der Waals surface area contributed by atoms with Gasteiger partial charge in [0.2, 0.25) is 0 Å². The van der Waals surface area contributed by atoms with E-state index in [9.17, 15) is 4.79 Å². The molecule has 0 radical (unpaired) electrons. The van der Waals surface area contributed by atoms with Crippen LogP contribution in [0.2, 0.25) is 0 Å². The molecule has 2 N–H and O–H groups in total. The van der Waals surface area contributed by atoms with Crippen LogP contribution in [0.4, 0.5) is 5.69 Å². The Morgan fingerprint density at radius 3 is 2.57 bits per heavy atom. The number of H-pyrrole nitrogens is 1. The number of carbonyl (C=O) groups is 1. The smallest absolute Gasteiger partial charge is 0.257 e. The minimum absolute atomic E-state index is 0.173. The fourth-order valence-electron chi connectivity index (χ4n) is 2.41. The number of hydrogen-bond acceptors (Lipinski definition) is 3. The van der Waals surface area contributed by atoms with Gasteiger partial charge in [0.25, 0.3) is 5.91 Å². The Kier molecular flexibility index (Phi) is 4.19. The summed E-state index contributed by atoms with van der Waals surface area (Å²) in [4.78, 5) is 15.6. The average Bonchev–Trinajstić information content (AvgIpc) is 3.00. The van der Waals surface area contributed by atoms with E-state index in [-0.39, 0.29) is 5.91 Å². The first-order chi connectivity index (χ1) is 11.2. The van der Waals surface area contributed by atoms with E-state index < -0.39 is 0 Å². The molecule has 0 unspecified atom stereocenters. The van der Waals surface area contributed by atoms with E-state index in [1.165, 1.54) is 0 Å². The van der Waals surface area contributed by atoms with E-state index in [0.717, 1.165) is 22.3 Å². The monoisotopic (exact) mass is 310 g/mol. The lowest BCUT2D eigenvalue weighted by atomic mass is 10.1. The zero-order valence-corrected chi connectivity index (χ0v) is 13.1. The van der Waals surface area contributed by atoms with Crippen LogP contribution in [0, 0.1) is 0 Å². The van der Waals surface area contributed by atoms with Crippen molar-refractivity contribution >= 4 is 22.5 Å². The molecule has 0 aliphatic heterocycles. The van der Waals surface area contributed by atoms with Gasteiger partial charge in [-0.3, -0.25) is 4.79 Å². The molecule has 2 aromatic carbocycles. The third-order valence-electron chi connectivity index (χ3n) is 3.56. The highest BCUT2D eigenvalue weighted by Gasteiger charge is 2.13. The van der Waals surface area contributed by atoms with Gasteiger partial charge in [0, 0.05) is 22.8 Å². The summed E-state index contributed by atoms with van der Waals surface area (Å²) >= 11 is 0. The van der Waals surface area contributed by atoms with Crippen molar-refractivity contribution in [3.63, 3.8) is 0 Å². The Labute approximate surface area is 134 Å². The van der Waals surface area contributed by atoms with Crippen molar-refractivity contribution in [1.82, 2.24) is 4.98 Å². The van der Waals surface area contributed by atoms with Crippen molar-refractivity contribution in [2.24, 2.45) is 0 Å². The number of aromatic amines is 1. The molecule has 3 aromatic rings. The van der Waals surface area contributed by atoms with Gasteiger partial charge in [-0.25, -0.2) is 0 Å². The molecular weight excluding hydrogens is 292 g/mol. The lowest BCUT2D eigenvalue weighted by molar-refractivity contribution is 0.102. The fourth-order valence-corrected chi connectivity index (χ4v) is 2.41. The molecule has 1 heterocycles. The van der Waals surface area contributed by atoms with Crippen molar-refractivity contribution < 1.29 is 14.3 Å². The zero-order valence-electron chi connectivity index (χ0n) is 13.1. The fraction of sp³-hybridized carbons (Fsp3) is 0.167. The van der Waals surface area contributed by atoms with Gasteiger partial charge in [0.05, 0.1) is 19.3 Å². The van der Waals surface area contributed by atoms with Crippen molar-refractivity contribution in [1.29, 1.82) is 0 Å². The minimum Gasteiger partial charge on any atom is -0.497 e. The van der Waals surface area contributed by atoms with Crippen molar-refractivity contribution in [3.8, 4) is 11.5 Å². The summed E-state index contributed by atoms with van der Waals surface area (Å²) in [6.07, 6.45) is 1.70. The molecule has 3 rings (SSSR count). The Morgan fingerprint density at radius 1 is 1.13 bits per heavy atom. The number of hydrogen-bond donors (Lipinski definition) is 2. The number of benzene rings is 2. The standard InChI is InChI=1S/C18H18N2O3/c1-3-23-13-6-4-12(5-7-13)20-18(21)16-11-19-17-9-8-14(22-2)10-15(16)17/h4-11,19H,3H2,1-2H3,(H,20,21). The maximum atomic E-state index is 12.5. The summed E-state index contributed by atoms with van der Waals surface area (Å²) < 4.78 is 10.6. The molecule has 0 aliphatic rings. The summed E-state index contributed by atoms with van der Waals surface area (Å²) in [5.41, 5.74) is 2.19. The van der Waals surface area contributed by atoms with Crippen LogP contribution in [0.1, 0.15) is 17.3 Å². The SMILES string of the molecule is CCOc1ccc(NC(=O)c2c[nH]c3ccc(OC)cc23)cc1. The van der Waals surface area contributed by atoms with Crippen LogP contribution in [-0.4, -0.2) is 24.6 Å². The highest BCUT2D eigenvalue weighted by atomic mass is 16.5. The number of amides is 1. The van der Waals surface area contributed by atoms with E-state index in [1.54, 1.807) is 13.3 Å². The topological polar surface area (TPSA) is 63.3 Å². The van der Waals surface area contributed by atoms with Gasteiger partial charge in [-0.1, -0.05) is 0 Å². The van der Waals surface area contributed by atoms with Crippen molar-refractivity contribution in [3.05, 3.63) is 54.2 Å². The van der Waals surface area contributed by atoms with Crippen LogP contribution in [0.15, 0.2) is 48.7 Å². The summed E-state index contributed by atoms with van der Waals surface area (Å²) in [6, 6.07) is 12.9. The molecule has 0 spiro atoms. The van der Waals surface area contributed by atoms with E-state index in [1.807, 2.05) is 49.4 Å². The first-order valence-electron chi connectivity index (χ1n) is 7.40. The summed E-state index contributed by atoms with van der Waals surface area (Å²) in [7, 11) is 1.60. The Balaban J connectivity index is 1.82. The van der Waals surface area contributed by atoms with Gasteiger partial charge in [-0.05, 0) is 49.4 Å². The van der Waals surface area contributed by atoms with E-state index in [2.05, 4.69) is 10.3 Å². The highest BCUT2D eigenvalue weighted by Crippen LogP contribution is 2.24. The molecule has 1 aromatic heterocycles. The molecule has 5 nitrogen and oxygen atoms in total. The summed E-state index contributed by atoms with van der Waals surface area (Å²) in [5.74, 6) is 1.32. The zero-order chi connectivity index (χ0) is 16.2. The van der Waals surface area contributed by atoms with Crippen molar-refractivity contribution in [2.45, 2.75) is 6.92 Å². The number of anilines is 1. The lowest BCUT2D eigenvalue weighted by Gasteiger charge is -2.07. The molecule has 0 aliphatic carbocycles. The predicted octanol–water partition coefficient (Wildman–Crippen LogP) is 3.83. The van der Waals surface area contributed by atoms with Gasteiger partial charge in [-0.2, -0.15) is 0 Å². The maximum Gasteiger partial charge on any atom is 0.257 e. The highest BCUT2D eigenvalue weighted by molar-refractivity contribution is 6.13. The Hall–Kier alpha value is -2.95. The number of fused-ring (bicyclic) bond motifs is 1. The normalized spacial score (nSPS) is 10.5. The number of carbonyl (C=O) groups excluding carboxylic acids is 1. The first-order valence-corrected chi connectivity index (χ1v) is 7.40. The molecule has 23 heavy (non-hydrogen) atoms. The van der Waals surface area contributed by atoms with Crippen LogP contribution in [0.3, 0.4) is 0 Å². The van der Waals surface area contributed by atoms with Crippen molar-refractivity contribution in [2.75, 3.05) is 19.0 Å². The van der Waals surface area contributed by atoms with Crippen LogP contribution < -0.4 is 14.8 Å². The molecule has 0 fully saturated rings. The van der Waals surface area contributed by atoms with E-state index in [4.69, 9.17) is 9.47 Å². The first kappa shape index (κ1) is 15.0. The Bertz CT molecular complexity index is 822. The maximum absolute atomic E-state index is 12.5. The Morgan fingerprint density at radius 2 is 1.87 bits per heavy atom. The van der Waals surface area contributed by atoms with Gasteiger partial charge in [0.15, 0.2) is 0 Å². The van der Waals surface area contributed by atoms with E-state index >= 15 is 0 Å². The van der Waals surface area contributed by atoms with Gasteiger partial charge < -0.3 is 19.8 Å².